The Bertz CT molecular complexity index is 276. The Labute approximate surface area is 89.8 Å². The molecule has 0 saturated carbocycles. The minimum atomic E-state index is -0.00160. The van der Waals surface area contributed by atoms with E-state index in [9.17, 15) is 0 Å². The van der Waals surface area contributed by atoms with Crippen LogP contribution in [-0.4, -0.2) is 18.6 Å². The van der Waals surface area contributed by atoms with Gasteiger partial charge in [0.2, 0.25) is 0 Å². The molecule has 1 unspecified atom stereocenters. The smallest absolute Gasteiger partial charge is 0.161 e. The van der Waals surface area contributed by atoms with Crippen molar-refractivity contribution in [2.45, 2.75) is 20.0 Å². The van der Waals surface area contributed by atoms with E-state index in [1.165, 1.54) is 0 Å². The lowest BCUT2D eigenvalue weighted by molar-refractivity contribution is 0.226. The van der Waals surface area contributed by atoms with Crippen molar-refractivity contribution < 1.29 is 9.47 Å². The Morgan fingerprint density at radius 3 is 2.50 bits per heavy atom. The number of alkyl halides is 1. The van der Waals surface area contributed by atoms with Gasteiger partial charge in [-0.25, -0.2) is 0 Å². The first-order valence-corrected chi connectivity index (χ1v) is 5.25. The molecule has 0 amide bonds. The molecule has 0 saturated heterocycles. The first-order valence-electron chi connectivity index (χ1n) is 4.72. The van der Waals surface area contributed by atoms with E-state index in [-0.39, 0.29) is 6.10 Å². The predicted octanol–water partition coefficient (Wildman–Crippen LogP) is 3.09. The van der Waals surface area contributed by atoms with E-state index in [0.717, 1.165) is 11.5 Å². The SMILES string of the molecule is CCOc1ccccc1OC(C)CCl. The molecule has 14 heavy (non-hydrogen) atoms. The lowest BCUT2D eigenvalue weighted by Gasteiger charge is -2.15. The van der Waals surface area contributed by atoms with Crippen LogP contribution in [0, 0.1) is 0 Å². The average molecular weight is 215 g/mol. The fraction of sp³-hybridized carbons (Fsp3) is 0.455. The Kier molecular flexibility index (Phi) is 4.60. The minimum absolute atomic E-state index is 0.00160. The molecule has 0 aliphatic heterocycles. The number of hydrogen-bond acceptors (Lipinski definition) is 2. The van der Waals surface area contributed by atoms with Gasteiger partial charge in [-0.1, -0.05) is 12.1 Å². The first-order chi connectivity index (χ1) is 6.77. The maximum absolute atomic E-state index is 5.67. The van der Waals surface area contributed by atoms with E-state index in [1.807, 2.05) is 38.1 Å². The summed E-state index contributed by atoms with van der Waals surface area (Å²) in [6.07, 6.45) is -0.00160. The summed E-state index contributed by atoms with van der Waals surface area (Å²) < 4.78 is 11.0. The van der Waals surface area contributed by atoms with Crippen molar-refractivity contribution >= 4 is 11.6 Å². The summed E-state index contributed by atoms with van der Waals surface area (Å²) in [5.74, 6) is 2.00. The molecule has 0 spiro atoms. The first kappa shape index (κ1) is 11.2. The van der Waals surface area contributed by atoms with Gasteiger partial charge in [-0.05, 0) is 26.0 Å². The van der Waals surface area contributed by atoms with Gasteiger partial charge in [-0.2, -0.15) is 0 Å². The highest BCUT2D eigenvalue weighted by Crippen LogP contribution is 2.27. The molecule has 78 valence electrons. The summed E-state index contributed by atoms with van der Waals surface area (Å²) in [5, 5.41) is 0. The summed E-state index contributed by atoms with van der Waals surface area (Å²) >= 11 is 5.67. The van der Waals surface area contributed by atoms with Gasteiger partial charge in [0.15, 0.2) is 11.5 Å². The van der Waals surface area contributed by atoms with Gasteiger partial charge < -0.3 is 9.47 Å². The maximum Gasteiger partial charge on any atom is 0.161 e. The molecule has 1 aromatic carbocycles. The fourth-order valence-electron chi connectivity index (χ4n) is 1.07. The van der Waals surface area contributed by atoms with Crippen LogP contribution in [0.15, 0.2) is 24.3 Å². The number of ether oxygens (including phenoxy) is 2. The van der Waals surface area contributed by atoms with E-state index in [0.29, 0.717) is 12.5 Å². The maximum atomic E-state index is 5.67. The highest BCUT2D eigenvalue weighted by atomic mass is 35.5. The molecule has 0 aromatic heterocycles. The monoisotopic (exact) mass is 214 g/mol. The Balaban J connectivity index is 2.73. The lowest BCUT2D eigenvalue weighted by Crippen LogP contribution is -2.13. The summed E-state index contributed by atoms with van der Waals surface area (Å²) in [6, 6.07) is 7.61. The molecular weight excluding hydrogens is 200 g/mol. The van der Waals surface area contributed by atoms with Crippen LogP contribution in [0.1, 0.15) is 13.8 Å². The van der Waals surface area contributed by atoms with Crippen molar-refractivity contribution in [3.8, 4) is 11.5 Å². The molecule has 0 radical (unpaired) electrons. The summed E-state index contributed by atoms with van der Waals surface area (Å²) in [6.45, 7) is 4.51. The Morgan fingerprint density at radius 2 is 1.93 bits per heavy atom. The number of halogens is 1. The molecule has 3 heteroatoms. The largest absolute Gasteiger partial charge is 0.490 e. The van der Waals surface area contributed by atoms with E-state index < -0.39 is 0 Å². The average Bonchev–Trinajstić information content (AvgIpc) is 2.21. The van der Waals surface area contributed by atoms with Gasteiger partial charge in [0.1, 0.15) is 6.10 Å². The van der Waals surface area contributed by atoms with E-state index in [4.69, 9.17) is 21.1 Å². The minimum Gasteiger partial charge on any atom is -0.490 e. The molecule has 2 nitrogen and oxygen atoms in total. The third kappa shape index (κ3) is 3.11. The third-order valence-electron chi connectivity index (χ3n) is 1.69. The summed E-state index contributed by atoms with van der Waals surface area (Å²) in [7, 11) is 0. The molecular formula is C11H15ClO2. The topological polar surface area (TPSA) is 18.5 Å². The molecule has 0 aliphatic carbocycles. The van der Waals surface area contributed by atoms with Gasteiger partial charge in [-0.3, -0.25) is 0 Å². The zero-order valence-electron chi connectivity index (χ0n) is 8.50. The van der Waals surface area contributed by atoms with Crippen molar-refractivity contribution in [2.75, 3.05) is 12.5 Å². The lowest BCUT2D eigenvalue weighted by atomic mass is 10.3. The van der Waals surface area contributed by atoms with Crippen LogP contribution in [0.2, 0.25) is 0 Å². The zero-order chi connectivity index (χ0) is 10.4. The number of para-hydroxylation sites is 2. The van der Waals surface area contributed by atoms with Gasteiger partial charge in [0.25, 0.3) is 0 Å². The van der Waals surface area contributed by atoms with Crippen LogP contribution in [-0.2, 0) is 0 Å². The third-order valence-corrected chi connectivity index (χ3v) is 2.13. The second kappa shape index (κ2) is 5.76. The number of rotatable bonds is 5. The highest BCUT2D eigenvalue weighted by molar-refractivity contribution is 6.18. The van der Waals surface area contributed by atoms with Crippen molar-refractivity contribution in [3.63, 3.8) is 0 Å². The van der Waals surface area contributed by atoms with Crippen LogP contribution >= 0.6 is 11.6 Å². The molecule has 0 bridgehead atoms. The van der Waals surface area contributed by atoms with Crippen LogP contribution in [0.25, 0.3) is 0 Å². The van der Waals surface area contributed by atoms with Gasteiger partial charge >= 0.3 is 0 Å². The van der Waals surface area contributed by atoms with E-state index in [1.54, 1.807) is 0 Å². The van der Waals surface area contributed by atoms with E-state index in [2.05, 4.69) is 0 Å². The standard InChI is InChI=1S/C11H15ClO2/c1-3-13-10-6-4-5-7-11(10)14-9(2)8-12/h4-7,9H,3,8H2,1-2H3. The predicted molar refractivity (Wildman–Crippen MR) is 58.4 cm³/mol. The normalized spacial score (nSPS) is 12.2. The Morgan fingerprint density at radius 1 is 1.29 bits per heavy atom. The van der Waals surface area contributed by atoms with Gasteiger partial charge in [0.05, 0.1) is 12.5 Å². The summed E-state index contributed by atoms with van der Waals surface area (Å²) in [4.78, 5) is 0. The van der Waals surface area contributed by atoms with Crippen LogP contribution in [0.5, 0.6) is 11.5 Å². The summed E-state index contributed by atoms with van der Waals surface area (Å²) in [5.41, 5.74) is 0. The van der Waals surface area contributed by atoms with E-state index >= 15 is 0 Å². The number of hydrogen-bond donors (Lipinski definition) is 0. The van der Waals surface area contributed by atoms with Gasteiger partial charge in [-0.15, -0.1) is 11.6 Å². The molecule has 0 aliphatic rings. The van der Waals surface area contributed by atoms with Crippen LogP contribution < -0.4 is 9.47 Å². The fourth-order valence-corrected chi connectivity index (χ4v) is 1.13. The second-order valence-corrected chi connectivity index (χ2v) is 3.27. The zero-order valence-corrected chi connectivity index (χ0v) is 9.25. The molecule has 0 heterocycles. The van der Waals surface area contributed by atoms with Gasteiger partial charge in [0, 0.05) is 0 Å². The van der Waals surface area contributed by atoms with Crippen molar-refractivity contribution in [1.29, 1.82) is 0 Å². The highest BCUT2D eigenvalue weighted by Gasteiger charge is 2.07. The molecule has 1 atom stereocenters. The van der Waals surface area contributed by atoms with Crippen molar-refractivity contribution in [2.24, 2.45) is 0 Å². The quantitative estimate of drug-likeness (QED) is 0.702. The molecule has 1 rings (SSSR count). The molecule has 0 fully saturated rings. The van der Waals surface area contributed by atoms with Crippen LogP contribution in [0.3, 0.4) is 0 Å². The molecule has 1 aromatic rings. The Hall–Kier alpha value is -0.890. The number of benzene rings is 1. The molecule has 0 N–H and O–H groups in total. The van der Waals surface area contributed by atoms with Crippen molar-refractivity contribution in [3.05, 3.63) is 24.3 Å². The van der Waals surface area contributed by atoms with Crippen LogP contribution in [0.4, 0.5) is 0 Å². The van der Waals surface area contributed by atoms with Crippen molar-refractivity contribution in [1.82, 2.24) is 0 Å². The second-order valence-electron chi connectivity index (χ2n) is 2.96.